The molecule has 0 N–H and O–H groups in total. The van der Waals surface area contributed by atoms with Gasteiger partial charge < -0.3 is 0 Å². The summed E-state index contributed by atoms with van der Waals surface area (Å²) in [5, 5.41) is 0.0757. The highest BCUT2D eigenvalue weighted by atomic mass is 35.5. The first-order chi connectivity index (χ1) is 6.65. The largest absolute Gasteiger partial charge is 0.299 e. The van der Waals surface area contributed by atoms with E-state index in [0.29, 0.717) is 12.0 Å². The van der Waals surface area contributed by atoms with E-state index in [-0.39, 0.29) is 17.2 Å². The molecule has 14 heavy (non-hydrogen) atoms. The molecule has 0 saturated heterocycles. The molecule has 76 valence electrons. The second-order valence-electron chi connectivity index (χ2n) is 3.18. The van der Waals surface area contributed by atoms with Crippen LogP contribution >= 0.6 is 11.6 Å². The Morgan fingerprint density at radius 1 is 1.50 bits per heavy atom. The van der Waals surface area contributed by atoms with E-state index < -0.39 is 5.82 Å². The first-order valence-corrected chi connectivity index (χ1v) is 4.97. The molecule has 1 aromatic rings. The SMILES string of the molecule is CCCC(=O)Cc1cccc(Cl)c1F. The summed E-state index contributed by atoms with van der Waals surface area (Å²) in [4.78, 5) is 11.3. The van der Waals surface area contributed by atoms with E-state index in [9.17, 15) is 9.18 Å². The van der Waals surface area contributed by atoms with Gasteiger partial charge in [0.05, 0.1) is 5.02 Å². The monoisotopic (exact) mass is 214 g/mol. The smallest absolute Gasteiger partial charge is 0.145 e. The minimum absolute atomic E-state index is 0.0497. The minimum Gasteiger partial charge on any atom is -0.299 e. The van der Waals surface area contributed by atoms with E-state index in [0.717, 1.165) is 6.42 Å². The average molecular weight is 215 g/mol. The second-order valence-corrected chi connectivity index (χ2v) is 3.59. The predicted molar refractivity (Wildman–Crippen MR) is 55.0 cm³/mol. The first kappa shape index (κ1) is 11.2. The number of hydrogen-bond acceptors (Lipinski definition) is 1. The summed E-state index contributed by atoms with van der Waals surface area (Å²) in [6, 6.07) is 4.72. The lowest BCUT2D eigenvalue weighted by Crippen LogP contribution is -2.03. The van der Waals surface area contributed by atoms with Gasteiger partial charge in [-0.2, -0.15) is 0 Å². The number of halogens is 2. The van der Waals surface area contributed by atoms with E-state index in [2.05, 4.69) is 0 Å². The number of Topliss-reactive ketones (excluding diaryl/α,β-unsaturated/α-hetero) is 1. The molecule has 0 aromatic heterocycles. The highest BCUT2D eigenvalue weighted by Gasteiger charge is 2.09. The summed E-state index contributed by atoms with van der Waals surface area (Å²) in [6.45, 7) is 1.92. The fourth-order valence-electron chi connectivity index (χ4n) is 1.26. The summed E-state index contributed by atoms with van der Waals surface area (Å²) in [5.41, 5.74) is 0.385. The third-order valence-corrected chi connectivity index (χ3v) is 2.24. The molecule has 0 aliphatic carbocycles. The van der Waals surface area contributed by atoms with Crippen LogP contribution in [0.25, 0.3) is 0 Å². The average Bonchev–Trinajstić information content (AvgIpc) is 2.13. The van der Waals surface area contributed by atoms with Crippen LogP contribution in [0.4, 0.5) is 4.39 Å². The van der Waals surface area contributed by atoms with Gasteiger partial charge in [-0.05, 0) is 18.1 Å². The van der Waals surface area contributed by atoms with Gasteiger partial charge in [0.2, 0.25) is 0 Å². The Labute approximate surface area is 87.9 Å². The van der Waals surface area contributed by atoms with Crippen molar-refractivity contribution < 1.29 is 9.18 Å². The summed E-state index contributed by atoms with van der Waals surface area (Å²) < 4.78 is 13.3. The number of benzene rings is 1. The summed E-state index contributed by atoms with van der Waals surface area (Å²) in [7, 11) is 0. The third kappa shape index (κ3) is 2.81. The van der Waals surface area contributed by atoms with Crippen LogP contribution in [0, 0.1) is 5.82 Å². The topological polar surface area (TPSA) is 17.1 Å². The quantitative estimate of drug-likeness (QED) is 0.751. The van der Waals surface area contributed by atoms with Crippen molar-refractivity contribution in [2.45, 2.75) is 26.2 Å². The van der Waals surface area contributed by atoms with Crippen molar-refractivity contribution in [2.24, 2.45) is 0 Å². The molecule has 0 aliphatic rings. The lowest BCUT2D eigenvalue weighted by molar-refractivity contribution is -0.118. The van der Waals surface area contributed by atoms with Gasteiger partial charge in [-0.3, -0.25) is 4.79 Å². The zero-order chi connectivity index (χ0) is 10.6. The zero-order valence-electron chi connectivity index (χ0n) is 8.02. The maximum absolute atomic E-state index is 13.3. The molecule has 1 aromatic carbocycles. The third-order valence-electron chi connectivity index (χ3n) is 1.95. The van der Waals surface area contributed by atoms with Crippen molar-refractivity contribution in [2.75, 3.05) is 0 Å². The molecule has 0 aliphatic heterocycles. The van der Waals surface area contributed by atoms with Crippen LogP contribution in [-0.2, 0) is 11.2 Å². The van der Waals surface area contributed by atoms with Crippen molar-refractivity contribution in [1.82, 2.24) is 0 Å². The van der Waals surface area contributed by atoms with Gasteiger partial charge >= 0.3 is 0 Å². The summed E-state index contributed by atoms with van der Waals surface area (Å²) in [6.07, 6.45) is 1.42. The normalized spacial score (nSPS) is 10.2. The Balaban J connectivity index is 2.76. The minimum atomic E-state index is -0.474. The number of rotatable bonds is 4. The highest BCUT2D eigenvalue weighted by molar-refractivity contribution is 6.30. The van der Waals surface area contributed by atoms with Crippen LogP contribution in [-0.4, -0.2) is 5.78 Å². The Bertz CT molecular complexity index is 336. The molecule has 0 unspecified atom stereocenters. The van der Waals surface area contributed by atoms with Crippen molar-refractivity contribution in [3.8, 4) is 0 Å². The zero-order valence-corrected chi connectivity index (χ0v) is 8.77. The molecule has 1 rings (SSSR count). The van der Waals surface area contributed by atoms with E-state index in [1.54, 1.807) is 12.1 Å². The van der Waals surface area contributed by atoms with Crippen LogP contribution in [0.1, 0.15) is 25.3 Å². The van der Waals surface area contributed by atoms with Gasteiger partial charge in [-0.15, -0.1) is 0 Å². The van der Waals surface area contributed by atoms with Gasteiger partial charge in [-0.25, -0.2) is 4.39 Å². The summed E-state index contributed by atoms with van der Waals surface area (Å²) in [5.74, 6) is -0.424. The maximum Gasteiger partial charge on any atom is 0.145 e. The van der Waals surface area contributed by atoms with Crippen LogP contribution in [0.15, 0.2) is 18.2 Å². The van der Waals surface area contributed by atoms with Crippen LogP contribution in [0.3, 0.4) is 0 Å². The predicted octanol–water partition coefficient (Wildman–Crippen LogP) is 3.39. The summed E-state index contributed by atoms with van der Waals surface area (Å²) >= 11 is 5.59. The Morgan fingerprint density at radius 2 is 2.21 bits per heavy atom. The first-order valence-electron chi connectivity index (χ1n) is 4.59. The standard InChI is InChI=1S/C11H12ClFO/c1-2-4-9(14)7-8-5-3-6-10(12)11(8)13/h3,5-6H,2,4,7H2,1H3. The Kier molecular flexibility index (Phi) is 4.08. The lowest BCUT2D eigenvalue weighted by Gasteiger charge is -2.02. The molecule has 0 atom stereocenters. The second kappa shape index (κ2) is 5.11. The number of hydrogen-bond donors (Lipinski definition) is 0. The molecule has 0 heterocycles. The Hall–Kier alpha value is -0.890. The number of carbonyl (C=O) groups is 1. The van der Waals surface area contributed by atoms with Gasteiger partial charge in [0.25, 0.3) is 0 Å². The van der Waals surface area contributed by atoms with Crippen molar-refractivity contribution in [1.29, 1.82) is 0 Å². The fourth-order valence-corrected chi connectivity index (χ4v) is 1.46. The van der Waals surface area contributed by atoms with E-state index >= 15 is 0 Å². The lowest BCUT2D eigenvalue weighted by atomic mass is 10.1. The molecular weight excluding hydrogens is 203 g/mol. The van der Waals surface area contributed by atoms with Gasteiger partial charge in [0.15, 0.2) is 0 Å². The molecular formula is C11H12ClFO. The van der Waals surface area contributed by atoms with Crippen LogP contribution in [0.5, 0.6) is 0 Å². The number of carbonyl (C=O) groups excluding carboxylic acids is 1. The fraction of sp³-hybridized carbons (Fsp3) is 0.364. The van der Waals surface area contributed by atoms with Crippen molar-refractivity contribution >= 4 is 17.4 Å². The van der Waals surface area contributed by atoms with E-state index in [4.69, 9.17) is 11.6 Å². The van der Waals surface area contributed by atoms with Crippen molar-refractivity contribution in [3.05, 3.63) is 34.6 Å². The van der Waals surface area contributed by atoms with E-state index in [1.165, 1.54) is 6.07 Å². The molecule has 0 bridgehead atoms. The molecule has 0 fully saturated rings. The van der Waals surface area contributed by atoms with Crippen molar-refractivity contribution in [3.63, 3.8) is 0 Å². The van der Waals surface area contributed by atoms with Gasteiger partial charge in [0, 0.05) is 12.8 Å². The molecule has 0 amide bonds. The molecule has 0 radical (unpaired) electrons. The maximum atomic E-state index is 13.3. The van der Waals surface area contributed by atoms with E-state index in [1.807, 2.05) is 6.92 Å². The van der Waals surface area contributed by atoms with Crippen LogP contribution < -0.4 is 0 Å². The number of ketones is 1. The molecule has 3 heteroatoms. The Morgan fingerprint density at radius 3 is 2.86 bits per heavy atom. The van der Waals surface area contributed by atoms with Gasteiger partial charge in [0.1, 0.15) is 11.6 Å². The highest BCUT2D eigenvalue weighted by Crippen LogP contribution is 2.18. The molecule has 1 nitrogen and oxygen atoms in total. The molecule has 0 saturated carbocycles. The van der Waals surface area contributed by atoms with Crippen LogP contribution in [0.2, 0.25) is 5.02 Å². The van der Waals surface area contributed by atoms with Gasteiger partial charge in [-0.1, -0.05) is 30.7 Å². The molecule has 0 spiro atoms.